The van der Waals surface area contributed by atoms with Gasteiger partial charge in [-0.25, -0.2) is 0 Å². The number of amides is 2. The normalized spacial score (nSPS) is 16.3. The Hall–Kier alpha value is -2.51. The third-order valence-corrected chi connectivity index (χ3v) is 6.65. The molecular formula is C25H32N2O4S. The van der Waals surface area contributed by atoms with Crippen LogP contribution < -0.4 is 10.1 Å². The van der Waals surface area contributed by atoms with Gasteiger partial charge in [0.1, 0.15) is 11.8 Å². The first-order valence-electron chi connectivity index (χ1n) is 11.0. The van der Waals surface area contributed by atoms with E-state index in [1.54, 1.807) is 36.0 Å². The molecule has 1 heterocycles. The van der Waals surface area contributed by atoms with Crippen molar-refractivity contribution in [2.45, 2.75) is 31.4 Å². The molecule has 0 spiro atoms. The van der Waals surface area contributed by atoms with Crippen molar-refractivity contribution in [1.82, 2.24) is 10.2 Å². The van der Waals surface area contributed by atoms with E-state index in [0.29, 0.717) is 30.8 Å². The molecule has 32 heavy (non-hydrogen) atoms. The first-order chi connectivity index (χ1) is 15.5. The zero-order chi connectivity index (χ0) is 22.9. The minimum absolute atomic E-state index is 0.0602. The molecule has 2 aromatic carbocycles. The molecule has 2 aromatic rings. The van der Waals surface area contributed by atoms with Crippen molar-refractivity contribution in [3.05, 3.63) is 65.7 Å². The van der Waals surface area contributed by atoms with E-state index in [9.17, 15) is 14.7 Å². The quantitative estimate of drug-likeness (QED) is 0.604. The van der Waals surface area contributed by atoms with E-state index in [0.717, 1.165) is 24.2 Å². The van der Waals surface area contributed by atoms with Crippen LogP contribution in [-0.4, -0.2) is 60.1 Å². The van der Waals surface area contributed by atoms with Gasteiger partial charge in [0.05, 0.1) is 18.8 Å². The van der Waals surface area contributed by atoms with Crippen LogP contribution in [0.25, 0.3) is 0 Å². The van der Waals surface area contributed by atoms with Gasteiger partial charge in [-0.2, -0.15) is 11.8 Å². The molecule has 2 amide bonds. The summed E-state index contributed by atoms with van der Waals surface area (Å²) in [4.78, 5) is 28.0. The number of piperidine rings is 1. The van der Waals surface area contributed by atoms with Crippen LogP contribution in [0.15, 0.2) is 54.6 Å². The highest BCUT2D eigenvalue weighted by molar-refractivity contribution is 7.98. The number of likely N-dealkylation sites (tertiary alicyclic amines) is 1. The maximum absolute atomic E-state index is 13.3. The lowest BCUT2D eigenvalue weighted by Crippen LogP contribution is -2.51. The van der Waals surface area contributed by atoms with E-state index in [1.165, 1.54) is 7.11 Å². The van der Waals surface area contributed by atoms with Crippen LogP contribution in [-0.2, 0) is 4.79 Å². The summed E-state index contributed by atoms with van der Waals surface area (Å²) in [5.74, 6) is 1.00. The largest absolute Gasteiger partial charge is 0.496 e. The fraction of sp³-hybridized carbons (Fsp3) is 0.440. The van der Waals surface area contributed by atoms with E-state index in [2.05, 4.69) is 5.32 Å². The Morgan fingerprint density at radius 2 is 1.78 bits per heavy atom. The highest BCUT2D eigenvalue weighted by Crippen LogP contribution is 2.31. The zero-order valence-electron chi connectivity index (χ0n) is 18.7. The number of para-hydroxylation sites is 1. The molecule has 2 N–H and O–H groups in total. The predicted molar refractivity (Wildman–Crippen MR) is 128 cm³/mol. The molecule has 1 aliphatic rings. The van der Waals surface area contributed by atoms with E-state index in [-0.39, 0.29) is 17.7 Å². The van der Waals surface area contributed by atoms with Gasteiger partial charge in [0.15, 0.2) is 0 Å². The topological polar surface area (TPSA) is 78.9 Å². The lowest BCUT2D eigenvalue weighted by Gasteiger charge is -2.36. The van der Waals surface area contributed by atoms with Gasteiger partial charge in [0.25, 0.3) is 5.91 Å². The number of hydrogen-bond donors (Lipinski definition) is 2. The number of ether oxygens (including phenoxy) is 1. The van der Waals surface area contributed by atoms with Gasteiger partial charge in [-0.05, 0) is 54.9 Å². The van der Waals surface area contributed by atoms with Crippen LogP contribution in [0.4, 0.5) is 0 Å². The van der Waals surface area contributed by atoms with Gasteiger partial charge in [0.2, 0.25) is 5.91 Å². The molecule has 6 nitrogen and oxygen atoms in total. The molecule has 1 aliphatic heterocycles. The summed E-state index contributed by atoms with van der Waals surface area (Å²) in [6.45, 7) is 1.15. The van der Waals surface area contributed by atoms with Gasteiger partial charge in [-0.1, -0.05) is 42.5 Å². The number of benzene rings is 2. The first-order valence-corrected chi connectivity index (χ1v) is 12.4. The predicted octanol–water partition coefficient (Wildman–Crippen LogP) is 3.52. The van der Waals surface area contributed by atoms with Crippen molar-refractivity contribution in [1.29, 1.82) is 0 Å². The summed E-state index contributed by atoms with van der Waals surface area (Å²) in [7, 11) is 1.52. The monoisotopic (exact) mass is 456 g/mol. The van der Waals surface area contributed by atoms with Crippen molar-refractivity contribution in [2.24, 2.45) is 5.92 Å². The Morgan fingerprint density at radius 3 is 2.44 bits per heavy atom. The van der Waals surface area contributed by atoms with Crippen LogP contribution in [0.2, 0.25) is 0 Å². The molecule has 0 bridgehead atoms. The Morgan fingerprint density at radius 1 is 1.12 bits per heavy atom. The summed E-state index contributed by atoms with van der Waals surface area (Å²) in [6, 6.07) is 16.1. The Labute approximate surface area is 194 Å². The average molecular weight is 457 g/mol. The molecule has 0 radical (unpaired) electrons. The van der Waals surface area contributed by atoms with E-state index >= 15 is 0 Å². The van der Waals surface area contributed by atoms with Crippen LogP contribution in [0.1, 0.15) is 41.3 Å². The molecule has 1 fully saturated rings. The van der Waals surface area contributed by atoms with Crippen molar-refractivity contribution >= 4 is 23.6 Å². The van der Waals surface area contributed by atoms with Crippen LogP contribution in [0.3, 0.4) is 0 Å². The molecule has 1 saturated heterocycles. The summed E-state index contributed by atoms with van der Waals surface area (Å²) in [5.41, 5.74) is 1.33. The van der Waals surface area contributed by atoms with E-state index in [1.807, 2.05) is 41.5 Å². The number of carbonyl (C=O) groups excluding carboxylic acids is 2. The number of carbonyl (C=O) groups is 2. The molecular weight excluding hydrogens is 424 g/mol. The molecule has 7 heteroatoms. The minimum atomic E-state index is -0.588. The fourth-order valence-corrected chi connectivity index (χ4v) is 4.61. The van der Waals surface area contributed by atoms with Gasteiger partial charge in [-0.15, -0.1) is 0 Å². The Kier molecular flexibility index (Phi) is 9.00. The highest BCUT2D eigenvalue weighted by atomic mass is 32.2. The lowest BCUT2D eigenvalue weighted by atomic mass is 9.87. The fourth-order valence-electron chi connectivity index (χ4n) is 4.14. The molecule has 2 atom stereocenters. The second-order valence-corrected chi connectivity index (χ2v) is 9.01. The third-order valence-electron chi connectivity index (χ3n) is 6.00. The second-order valence-electron chi connectivity index (χ2n) is 8.03. The zero-order valence-corrected chi connectivity index (χ0v) is 19.5. The Balaban J connectivity index is 1.63. The number of nitrogens with zero attached hydrogens (tertiary/aromatic N) is 1. The molecule has 3 rings (SSSR count). The number of thioether (sulfide) groups is 1. The number of aliphatic hydroxyl groups excluding tert-OH is 1. The second kappa shape index (κ2) is 11.9. The number of hydrogen-bond acceptors (Lipinski definition) is 5. The van der Waals surface area contributed by atoms with E-state index < -0.39 is 12.1 Å². The van der Waals surface area contributed by atoms with Crippen molar-refractivity contribution in [3.8, 4) is 5.75 Å². The van der Waals surface area contributed by atoms with Crippen molar-refractivity contribution in [3.63, 3.8) is 0 Å². The number of rotatable bonds is 9. The first kappa shape index (κ1) is 24.1. The van der Waals surface area contributed by atoms with Crippen LogP contribution in [0, 0.1) is 5.92 Å². The van der Waals surface area contributed by atoms with Crippen molar-refractivity contribution in [2.75, 3.05) is 32.2 Å². The maximum Gasteiger partial charge on any atom is 0.255 e. The van der Waals surface area contributed by atoms with Crippen molar-refractivity contribution < 1.29 is 19.4 Å². The molecule has 0 aliphatic carbocycles. The van der Waals surface area contributed by atoms with Gasteiger partial charge < -0.3 is 20.1 Å². The van der Waals surface area contributed by atoms with Gasteiger partial charge in [-0.3, -0.25) is 9.59 Å². The standard InChI is InChI=1S/C25H32N2O4S/c1-31-22-11-7-6-10-20(22)24(29)26-21(14-17-32-2)25(30)27-15-12-19(13-16-27)23(28)18-8-4-3-5-9-18/h3-11,19,21,23,28H,12-17H2,1-2H3,(H,26,29). The van der Waals surface area contributed by atoms with E-state index in [4.69, 9.17) is 4.74 Å². The third kappa shape index (κ3) is 6.04. The lowest BCUT2D eigenvalue weighted by molar-refractivity contribution is -0.135. The summed E-state index contributed by atoms with van der Waals surface area (Å²) in [6.07, 6.45) is 3.49. The summed E-state index contributed by atoms with van der Waals surface area (Å²) >= 11 is 1.65. The minimum Gasteiger partial charge on any atom is -0.496 e. The average Bonchev–Trinajstić information content (AvgIpc) is 2.86. The molecule has 172 valence electrons. The SMILES string of the molecule is COc1ccccc1C(=O)NC(CCSC)C(=O)N1CCC(C(O)c2ccccc2)CC1. The maximum atomic E-state index is 13.3. The number of methoxy groups -OCH3 is 1. The number of aliphatic hydroxyl groups is 1. The summed E-state index contributed by atoms with van der Waals surface area (Å²) < 4.78 is 5.29. The summed E-state index contributed by atoms with van der Waals surface area (Å²) in [5, 5.41) is 13.6. The molecule has 0 saturated carbocycles. The highest BCUT2D eigenvalue weighted by Gasteiger charge is 2.32. The van der Waals surface area contributed by atoms with Gasteiger partial charge in [0, 0.05) is 13.1 Å². The smallest absolute Gasteiger partial charge is 0.255 e. The molecule has 2 unspecified atom stereocenters. The van der Waals surface area contributed by atoms with Gasteiger partial charge >= 0.3 is 0 Å². The Bertz CT molecular complexity index is 885. The van der Waals surface area contributed by atoms with Crippen LogP contribution in [0.5, 0.6) is 5.75 Å². The van der Waals surface area contributed by atoms with Crippen LogP contribution >= 0.6 is 11.8 Å². The number of nitrogens with one attached hydrogen (secondary N) is 1. The molecule has 0 aromatic heterocycles.